The molecule has 45 nitrogen and oxygen atoms in total. The average molecular weight is 1660 g/mol. The summed E-state index contributed by atoms with van der Waals surface area (Å²) < 4.78 is 66.4. The van der Waals surface area contributed by atoms with Crippen LogP contribution in [0.3, 0.4) is 0 Å². The molecule has 6 saturated heterocycles. The van der Waals surface area contributed by atoms with Crippen LogP contribution in [-0.2, 0) is 85.6 Å². The Morgan fingerprint density at radius 1 is 0.351 bits per heavy atom. The van der Waals surface area contributed by atoms with E-state index < -0.39 is 236 Å². The van der Waals surface area contributed by atoms with Crippen LogP contribution in [0.2, 0.25) is 0 Å². The number of ether oxygens (including phenoxy) is 12. The second kappa shape index (κ2) is 56.5. The van der Waals surface area contributed by atoms with Gasteiger partial charge in [-0.2, -0.15) is 0 Å². The van der Waals surface area contributed by atoms with Crippen molar-refractivity contribution in [2.45, 2.75) is 327 Å². The van der Waals surface area contributed by atoms with E-state index in [1.807, 2.05) is 27.7 Å². The number of nitrogens with one attached hydrogen (secondary N) is 5. The number of carbonyl (C=O) groups excluding carboxylic acids is 6. The van der Waals surface area contributed by atoms with Crippen LogP contribution in [-0.4, -0.2) is 407 Å². The minimum Gasteiger partial charge on any atom is -0.394 e. The number of aldehydes is 2. The van der Waals surface area contributed by atoms with Gasteiger partial charge in [-0.1, -0.05) is 40.5 Å². The Hall–Kier alpha value is -4.02. The fraction of sp³-hybridized carbons (Fsp3) is 0.913. The number of hydrogen-bond acceptors (Lipinski definition) is 42. The fourth-order valence-corrected chi connectivity index (χ4v) is 12.2. The van der Waals surface area contributed by atoms with Gasteiger partial charge in [-0.05, 0) is 70.9 Å². The van der Waals surface area contributed by atoms with Crippen molar-refractivity contribution in [3.63, 3.8) is 0 Å². The molecule has 0 radical (unpaired) electrons. The molecule has 0 aromatic rings. The van der Waals surface area contributed by atoms with Gasteiger partial charge in [0.15, 0.2) is 37.7 Å². The molecule has 0 saturated carbocycles. The molecule has 6 heterocycles. The van der Waals surface area contributed by atoms with E-state index in [0.29, 0.717) is 64.2 Å². The van der Waals surface area contributed by atoms with Crippen molar-refractivity contribution in [3.8, 4) is 0 Å². The maximum absolute atomic E-state index is 12.5. The van der Waals surface area contributed by atoms with Gasteiger partial charge in [0.05, 0.1) is 64.9 Å². The molecule has 32 atom stereocenters. The lowest BCUT2D eigenvalue weighted by Crippen LogP contribution is -2.65. The molecule has 0 aliphatic carbocycles. The van der Waals surface area contributed by atoms with Crippen LogP contribution in [0, 0.1) is 0 Å². The maximum atomic E-state index is 12.5. The third kappa shape index (κ3) is 32.8. The van der Waals surface area contributed by atoms with Crippen molar-refractivity contribution in [1.82, 2.24) is 27.0 Å². The van der Waals surface area contributed by atoms with Crippen LogP contribution < -0.4 is 38.5 Å². The molecule has 0 bridgehead atoms. The molecule has 0 aromatic heterocycles. The summed E-state index contributed by atoms with van der Waals surface area (Å²) in [5, 5.41) is 208. The number of carbonyl (C=O) groups is 6. The van der Waals surface area contributed by atoms with E-state index in [-0.39, 0.29) is 81.8 Å². The number of hydrazine groups is 2. The Kier molecular flexibility index (Phi) is 51.6. The summed E-state index contributed by atoms with van der Waals surface area (Å²) in [5.41, 5.74) is 21.2. The highest BCUT2D eigenvalue weighted by atomic mass is 16.8. The predicted octanol–water partition coefficient (Wildman–Crippen LogP) is -11.8. The van der Waals surface area contributed by atoms with Crippen LogP contribution in [0.1, 0.15) is 130 Å². The third-order valence-corrected chi connectivity index (χ3v) is 18.9. The number of amides is 3. The summed E-state index contributed by atoms with van der Waals surface area (Å²) in [6, 6.07) is -1.06. The number of hydrogen-bond donors (Lipinski definition) is 27. The normalized spacial score (nSPS) is 36.1. The zero-order valence-electron chi connectivity index (χ0n) is 64.7. The van der Waals surface area contributed by atoms with Gasteiger partial charge in [-0.3, -0.25) is 30.0 Å². The number of Topliss-reactive ketones (excluding diaryl/α,β-unsaturated/α-hetero) is 1. The van der Waals surface area contributed by atoms with E-state index >= 15 is 0 Å². The zero-order chi connectivity index (χ0) is 85.3. The topological polar surface area (TPSA) is 730 Å². The predicted molar refractivity (Wildman–Crippen MR) is 385 cm³/mol. The highest BCUT2D eigenvalue weighted by Gasteiger charge is 2.55. The van der Waals surface area contributed by atoms with Crippen LogP contribution >= 0.6 is 0 Å². The van der Waals surface area contributed by atoms with Crippen LogP contribution in [0.25, 0.3) is 0 Å². The summed E-state index contributed by atoms with van der Waals surface area (Å²) in [5.74, 6) is -1.17. The van der Waals surface area contributed by atoms with Crippen molar-refractivity contribution in [2.75, 3.05) is 72.5 Å². The van der Waals surface area contributed by atoms with E-state index in [4.69, 9.17) is 68.3 Å². The highest BCUT2D eigenvalue weighted by molar-refractivity contribution is 5.79. The lowest BCUT2D eigenvalue weighted by atomic mass is 9.96. The standard InChI is InChI=1S/C33H59N3O19.C32H58N4O19.2C2H6/c34-10-4-3-6-16(12-37)35-36-21(41)9-2-1-7-17(40)8-5-11-50-32-29(49)30(55-33-28(48)26(46)23(43)19(14-39)53-33)24(44)20(54-32)15-51-31-27(47)25(45)22(42)18(13-38)52-31;33-8-4-3-5-15(11-37)35-36-20(41)7-2-1-6-19(40)34-9-10-50-31-28(49)29(55-32-27(48)25(46)22(43)17(13-39)53-32)23(44)18(54-31)14-51-30-26(47)24(45)21(42)16(12-38)52-30;2*1-2/h12,16,18-20,22-33,35,38-39,42-49H,1-11,13-15,34H2,(H,36,41);11,15-18,21-32,35,38-39,42-49H,1-10,12-14,33H2,(H,34,40)(H,36,41);2*1-2H3/t16-,18+,19+,20+,22+,23+,24+,25-,26-,27-,28-,29-,30-,31-,32-,33+;15-,16+,17+,18+,21+,22+,23+,24-,25-,26-,27-,28-,29-,30-,31-,32+;;/m00../s1. The first-order chi connectivity index (χ1) is 54.5. The first-order valence-electron chi connectivity index (χ1n) is 38.8. The number of rotatable bonds is 47. The Balaban J connectivity index is 0.000000566. The van der Waals surface area contributed by atoms with E-state index in [1.165, 1.54) is 0 Å². The summed E-state index contributed by atoms with van der Waals surface area (Å²) in [4.78, 5) is 71.3. The lowest BCUT2D eigenvalue weighted by molar-refractivity contribution is -0.366. The van der Waals surface area contributed by atoms with Gasteiger partial charge in [0, 0.05) is 38.6 Å². The average Bonchev–Trinajstić information content (AvgIpc) is 0.789. The van der Waals surface area contributed by atoms with Crippen molar-refractivity contribution < 1.29 is 188 Å². The smallest absolute Gasteiger partial charge is 0.234 e. The first-order valence-corrected chi connectivity index (χ1v) is 38.8. The third-order valence-electron chi connectivity index (χ3n) is 18.9. The monoisotopic (exact) mass is 1660 g/mol. The van der Waals surface area contributed by atoms with Gasteiger partial charge < -0.3 is 185 Å². The molecule has 6 rings (SSSR count). The molecular weight excluding hydrogens is 1530 g/mol. The molecule has 6 aliphatic rings. The molecule has 0 aromatic carbocycles. The largest absolute Gasteiger partial charge is 0.394 e. The Bertz CT molecular complexity index is 2460. The van der Waals surface area contributed by atoms with E-state index in [1.54, 1.807) is 0 Å². The Labute approximate surface area is 659 Å². The fourth-order valence-electron chi connectivity index (χ4n) is 12.2. The molecule has 3 amide bonds. The highest BCUT2D eigenvalue weighted by Crippen LogP contribution is 2.34. The minimum absolute atomic E-state index is 0.0669. The van der Waals surface area contributed by atoms with E-state index in [9.17, 15) is 131 Å². The molecular formula is C69H129N7O38. The summed E-state index contributed by atoms with van der Waals surface area (Å²) in [6.07, 6.45) is -42.6. The summed E-state index contributed by atoms with van der Waals surface area (Å²) >= 11 is 0. The minimum atomic E-state index is -1.91. The van der Waals surface area contributed by atoms with Crippen molar-refractivity contribution in [2.24, 2.45) is 11.5 Å². The van der Waals surface area contributed by atoms with Crippen LogP contribution in [0.15, 0.2) is 0 Å². The zero-order valence-corrected chi connectivity index (χ0v) is 64.7. The lowest BCUT2D eigenvalue weighted by Gasteiger charge is -2.46. The molecule has 45 heteroatoms. The number of nitrogens with two attached hydrogens (primary N) is 2. The van der Waals surface area contributed by atoms with Crippen molar-refractivity contribution in [1.29, 1.82) is 0 Å². The van der Waals surface area contributed by atoms with Crippen molar-refractivity contribution in [3.05, 3.63) is 0 Å². The second-order valence-electron chi connectivity index (χ2n) is 27.3. The van der Waals surface area contributed by atoms with E-state index in [0.717, 1.165) is 25.7 Å². The van der Waals surface area contributed by atoms with Gasteiger partial charge in [0.2, 0.25) is 17.7 Å². The molecule has 0 unspecified atom stereocenters. The number of aliphatic hydroxyl groups excluding tert-OH is 20. The van der Waals surface area contributed by atoms with Gasteiger partial charge in [0.1, 0.15) is 165 Å². The van der Waals surface area contributed by atoms with Gasteiger partial charge in [0.25, 0.3) is 0 Å². The SMILES string of the molecule is CC.CC.NCCCC[C@@H](C=O)NNC(=O)CCCCC(=O)CCCO[C@H]1O[C@H](CO[C@H]2O[C@H](CO)[C@@H](O)[C@H](O)[C@@H]2O)[C@@H](O)[C@H](O[C@H]2O[C@H](CO)[C@@H](O)[C@H](O)[C@@H]2O)[C@@H]1O.NCCCC[C@@H](C=O)NNC(=O)CCCCC(=O)NCCO[C@H]1O[C@H](CO[C@H]2O[C@H](CO)[C@@H](O)[C@H](O)[C@@H]2O)[C@@H](O)[C@H](O[C@H]2O[C@H](CO)[C@@H](O)[C@H](O)[C@@H]2O)[C@@H]1O. The van der Waals surface area contributed by atoms with Crippen LogP contribution in [0.5, 0.6) is 0 Å². The van der Waals surface area contributed by atoms with Crippen LogP contribution in [0.4, 0.5) is 0 Å². The van der Waals surface area contributed by atoms with Gasteiger partial charge >= 0.3 is 0 Å². The molecule has 6 aliphatic heterocycles. The molecule has 668 valence electrons. The molecule has 0 spiro atoms. The number of aliphatic hydroxyl groups is 20. The van der Waals surface area contributed by atoms with Crippen molar-refractivity contribution >= 4 is 36.1 Å². The van der Waals surface area contributed by atoms with Gasteiger partial charge in [-0.25, -0.2) is 10.9 Å². The summed E-state index contributed by atoms with van der Waals surface area (Å²) in [6.45, 7) is 4.23. The number of ketones is 1. The Morgan fingerprint density at radius 2 is 0.658 bits per heavy atom. The molecule has 6 fully saturated rings. The Morgan fingerprint density at radius 3 is 1.01 bits per heavy atom. The second-order valence-corrected chi connectivity index (χ2v) is 27.3. The molecule has 29 N–H and O–H groups in total. The van der Waals surface area contributed by atoms with Gasteiger partial charge in [-0.15, -0.1) is 0 Å². The quantitative estimate of drug-likeness (QED) is 0.0153. The van der Waals surface area contributed by atoms with E-state index in [2.05, 4.69) is 27.0 Å². The maximum Gasteiger partial charge on any atom is 0.234 e. The number of unbranched alkanes of at least 4 members (excludes halogenated alkanes) is 4. The summed E-state index contributed by atoms with van der Waals surface area (Å²) in [7, 11) is 0. The molecule has 114 heavy (non-hydrogen) atoms. The first kappa shape index (κ1) is 104.